The second kappa shape index (κ2) is 10.4. The Bertz CT molecular complexity index is 695. The minimum absolute atomic E-state index is 0.731. The Morgan fingerprint density at radius 3 is 2.85 bits per heavy atom. The van der Waals surface area contributed by atoms with Crippen molar-refractivity contribution < 1.29 is 4.42 Å². The highest BCUT2D eigenvalue weighted by Gasteiger charge is 2.01. The predicted molar refractivity (Wildman–Crippen MR) is 103 cm³/mol. The van der Waals surface area contributed by atoms with Crippen molar-refractivity contribution in [2.75, 3.05) is 19.6 Å². The number of nitrogens with one attached hydrogen (secondary N) is 2. The summed E-state index contributed by atoms with van der Waals surface area (Å²) in [6, 6.07) is 8.14. The molecular weight excluding hydrogens is 348 g/mol. The zero-order valence-corrected chi connectivity index (χ0v) is 15.5. The highest BCUT2D eigenvalue weighted by molar-refractivity contribution is 7.09. The molecule has 0 aliphatic carbocycles. The van der Waals surface area contributed by atoms with Gasteiger partial charge in [0.05, 0.1) is 12.5 Å². The van der Waals surface area contributed by atoms with Crippen LogP contribution in [-0.4, -0.2) is 40.6 Å². The number of hydrogen-bond donors (Lipinski definition) is 2. The van der Waals surface area contributed by atoms with E-state index in [1.807, 2.05) is 23.0 Å². The van der Waals surface area contributed by atoms with Crippen LogP contribution < -0.4 is 10.6 Å². The molecule has 0 aliphatic rings. The topological polar surface area (TPSA) is 80.3 Å². The van der Waals surface area contributed by atoms with Gasteiger partial charge in [-0.25, -0.2) is 0 Å². The third kappa shape index (κ3) is 6.36. The monoisotopic (exact) mass is 372 g/mol. The number of nitrogens with zero attached hydrogens (tertiary/aromatic N) is 4. The maximum Gasteiger partial charge on any atom is 0.191 e. The first kappa shape index (κ1) is 18.2. The first-order valence-corrected chi connectivity index (χ1v) is 9.69. The zero-order chi connectivity index (χ0) is 17.9. The number of hydrogen-bond acceptors (Lipinski definition) is 5. The largest absolute Gasteiger partial charge is 0.469 e. The van der Waals surface area contributed by atoms with Gasteiger partial charge in [-0.1, -0.05) is 11.3 Å². The van der Waals surface area contributed by atoms with Gasteiger partial charge >= 0.3 is 0 Å². The molecule has 26 heavy (non-hydrogen) atoms. The van der Waals surface area contributed by atoms with Gasteiger partial charge < -0.3 is 15.1 Å². The predicted octanol–water partition coefficient (Wildman–Crippen LogP) is 2.34. The van der Waals surface area contributed by atoms with Gasteiger partial charge in [0.1, 0.15) is 5.76 Å². The SMILES string of the molecule is c1coc(CCNC(=NCCCn2ccnn2)NCCc2cccs2)c1. The molecule has 0 aliphatic heterocycles. The van der Waals surface area contributed by atoms with Gasteiger partial charge in [0, 0.05) is 43.7 Å². The Morgan fingerprint density at radius 1 is 1.19 bits per heavy atom. The summed E-state index contributed by atoms with van der Waals surface area (Å²) in [6.45, 7) is 3.19. The summed E-state index contributed by atoms with van der Waals surface area (Å²) in [5.41, 5.74) is 0. The van der Waals surface area contributed by atoms with Crippen LogP contribution in [0.5, 0.6) is 0 Å². The Hall–Kier alpha value is -2.61. The Kier molecular flexibility index (Phi) is 7.27. The number of aryl methyl sites for hydroxylation is 1. The summed E-state index contributed by atoms with van der Waals surface area (Å²) < 4.78 is 7.19. The van der Waals surface area contributed by atoms with Gasteiger partial charge in [-0.2, -0.15) is 0 Å². The molecule has 3 heterocycles. The van der Waals surface area contributed by atoms with Crippen LogP contribution >= 0.6 is 11.3 Å². The quantitative estimate of drug-likeness (QED) is 0.324. The Morgan fingerprint density at radius 2 is 2.12 bits per heavy atom. The summed E-state index contributed by atoms with van der Waals surface area (Å²) in [6.07, 6.45) is 8.00. The van der Waals surface area contributed by atoms with Crippen molar-refractivity contribution in [3.05, 3.63) is 58.9 Å². The average Bonchev–Trinajstić information content (AvgIpc) is 3.41. The summed E-state index contributed by atoms with van der Waals surface area (Å²) in [7, 11) is 0. The van der Waals surface area contributed by atoms with Crippen molar-refractivity contribution in [3.8, 4) is 0 Å². The first-order valence-electron chi connectivity index (χ1n) is 8.81. The van der Waals surface area contributed by atoms with Gasteiger partial charge in [-0.3, -0.25) is 9.67 Å². The maximum absolute atomic E-state index is 5.37. The van der Waals surface area contributed by atoms with Crippen LogP contribution in [0, 0.1) is 0 Å². The molecule has 0 spiro atoms. The van der Waals surface area contributed by atoms with Crippen molar-refractivity contribution in [2.45, 2.75) is 25.8 Å². The highest BCUT2D eigenvalue weighted by atomic mass is 32.1. The number of thiophene rings is 1. The molecule has 3 aromatic rings. The van der Waals surface area contributed by atoms with Gasteiger partial charge in [-0.15, -0.1) is 16.4 Å². The normalized spacial score (nSPS) is 11.6. The van der Waals surface area contributed by atoms with Crippen LogP contribution in [0.15, 0.2) is 57.7 Å². The van der Waals surface area contributed by atoms with E-state index < -0.39 is 0 Å². The van der Waals surface area contributed by atoms with E-state index in [1.54, 1.807) is 23.8 Å². The average molecular weight is 372 g/mol. The van der Waals surface area contributed by atoms with E-state index in [-0.39, 0.29) is 0 Å². The van der Waals surface area contributed by atoms with Gasteiger partial charge in [0.15, 0.2) is 5.96 Å². The molecule has 7 nitrogen and oxygen atoms in total. The molecule has 0 bridgehead atoms. The van der Waals surface area contributed by atoms with E-state index in [2.05, 4.69) is 43.5 Å². The standard InChI is InChI=1S/C18H24N6OS/c1-4-16(25-14-1)6-9-20-18(21-10-7-17-5-2-15-26-17)19-8-3-12-24-13-11-22-23-24/h1-2,4-5,11,13-15H,3,6-10,12H2,(H2,19,20,21). The smallest absolute Gasteiger partial charge is 0.191 e. The number of aromatic nitrogens is 3. The van der Waals surface area contributed by atoms with Gasteiger partial charge in [0.25, 0.3) is 0 Å². The molecule has 0 aromatic carbocycles. The lowest BCUT2D eigenvalue weighted by atomic mass is 10.3. The van der Waals surface area contributed by atoms with Gasteiger partial charge in [0.2, 0.25) is 0 Å². The van der Waals surface area contributed by atoms with Crippen molar-refractivity contribution >= 4 is 17.3 Å². The van der Waals surface area contributed by atoms with E-state index >= 15 is 0 Å². The van der Waals surface area contributed by atoms with E-state index in [9.17, 15) is 0 Å². The molecule has 0 unspecified atom stereocenters. The fourth-order valence-electron chi connectivity index (χ4n) is 2.47. The molecule has 0 saturated heterocycles. The molecule has 138 valence electrons. The van der Waals surface area contributed by atoms with Crippen LogP contribution in [0.4, 0.5) is 0 Å². The molecule has 3 aromatic heterocycles. The molecule has 0 saturated carbocycles. The minimum Gasteiger partial charge on any atom is -0.469 e. The molecular formula is C18H24N6OS. The molecule has 3 rings (SSSR count). The number of guanidine groups is 1. The van der Waals surface area contributed by atoms with Crippen molar-refractivity contribution in [1.29, 1.82) is 0 Å². The van der Waals surface area contributed by atoms with Crippen molar-refractivity contribution in [1.82, 2.24) is 25.6 Å². The number of aliphatic imine (C=N–C) groups is 1. The van der Waals surface area contributed by atoms with E-state index in [0.717, 1.165) is 57.2 Å². The van der Waals surface area contributed by atoms with Crippen LogP contribution in [0.25, 0.3) is 0 Å². The van der Waals surface area contributed by atoms with Gasteiger partial charge in [-0.05, 0) is 36.4 Å². The maximum atomic E-state index is 5.37. The van der Waals surface area contributed by atoms with Crippen molar-refractivity contribution in [3.63, 3.8) is 0 Å². The number of furan rings is 1. The second-order valence-corrected chi connectivity index (χ2v) is 6.79. The summed E-state index contributed by atoms with van der Waals surface area (Å²) in [5.74, 6) is 1.81. The summed E-state index contributed by atoms with van der Waals surface area (Å²) in [5, 5.41) is 16.7. The van der Waals surface area contributed by atoms with Crippen LogP contribution in [0.3, 0.4) is 0 Å². The zero-order valence-electron chi connectivity index (χ0n) is 14.7. The lowest BCUT2D eigenvalue weighted by molar-refractivity contribution is 0.506. The highest BCUT2D eigenvalue weighted by Crippen LogP contribution is 2.08. The fourth-order valence-corrected chi connectivity index (χ4v) is 3.18. The molecule has 0 fully saturated rings. The summed E-state index contributed by atoms with van der Waals surface area (Å²) >= 11 is 1.78. The number of rotatable bonds is 10. The van der Waals surface area contributed by atoms with Crippen LogP contribution in [-0.2, 0) is 19.4 Å². The lowest BCUT2D eigenvalue weighted by Gasteiger charge is -2.12. The third-order valence-electron chi connectivity index (χ3n) is 3.78. The fraction of sp³-hybridized carbons (Fsp3) is 0.389. The van der Waals surface area contributed by atoms with E-state index in [4.69, 9.17) is 4.42 Å². The first-order chi connectivity index (χ1) is 12.9. The molecule has 0 atom stereocenters. The van der Waals surface area contributed by atoms with E-state index in [1.165, 1.54) is 4.88 Å². The minimum atomic E-state index is 0.731. The molecule has 0 radical (unpaired) electrons. The van der Waals surface area contributed by atoms with E-state index in [0.29, 0.717) is 0 Å². The van der Waals surface area contributed by atoms with Crippen LogP contribution in [0.1, 0.15) is 17.1 Å². The second-order valence-electron chi connectivity index (χ2n) is 5.76. The lowest BCUT2D eigenvalue weighted by Crippen LogP contribution is -2.39. The third-order valence-corrected chi connectivity index (χ3v) is 4.71. The van der Waals surface area contributed by atoms with Crippen LogP contribution in [0.2, 0.25) is 0 Å². The van der Waals surface area contributed by atoms with Crippen molar-refractivity contribution in [2.24, 2.45) is 4.99 Å². The molecule has 8 heteroatoms. The molecule has 0 amide bonds. The Balaban J connectivity index is 1.43. The molecule has 2 N–H and O–H groups in total. The Labute approximate surface area is 157 Å². The summed E-state index contributed by atoms with van der Waals surface area (Å²) in [4.78, 5) is 6.04.